The van der Waals surface area contributed by atoms with E-state index in [0.29, 0.717) is 18.0 Å². The summed E-state index contributed by atoms with van der Waals surface area (Å²) in [5.41, 5.74) is 3.70. The smallest absolute Gasteiger partial charge is 0.160 e. The van der Waals surface area contributed by atoms with E-state index >= 15 is 0 Å². The Labute approximate surface area is 127 Å². The van der Waals surface area contributed by atoms with Crippen LogP contribution in [0, 0.1) is 18.3 Å². The monoisotopic (exact) mass is 296 g/mol. The Morgan fingerprint density at radius 1 is 1.29 bits per heavy atom. The Balaban J connectivity index is 2.20. The van der Waals surface area contributed by atoms with E-state index in [1.165, 1.54) is 5.56 Å². The number of hydrogen-bond donors (Lipinski definition) is 0. The molecule has 0 radical (unpaired) electrons. The maximum Gasteiger partial charge on any atom is 0.160 e. The molecule has 104 valence electrons. The molecule has 0 fully saturated rings. The first-order valence-corrected chi connectivity index (χ1v) is 7.02. The van der Waals surface area contributed by atoms with Gasteiger partial charge in [-0.15, -0.1) is 0 Å². The van der Waals surface area contributed by atoms with E-state index in [-0.39, 0.29) is 0 Å². The Kier molecular flexibility index (Phi) is 3.59. The SMILES string of the molecule is Cc1ccc(-c2nc3cc(Cl)cnc3n2CCC#N)cc1. The van der Waals surface area contributed by atoms with Crippen LogP contribution >= 0.6 is 11.6 Å². The number of fused-ring (bicyclic) bond motifs is 1. The lowest BCUT2D eigenvalue weighted by Gasteiger charge is -2.06. The van der Waals surface area contributed by atoms with Gasteiger partial charge >= 0.3 is 0 Å². The van der Waals surface area contributed by atoms with Crippen molar-refractivity contribution in [2.75, 3.05) is 0 Å². The van der Waals surface area contributed by atoms with Gasteiger partial charge in [-0.05, 0) is 13.0 Å². The van der Waals surface area contributed by atoms with Gasteiger partial charge in [-0.1, -0.05) is 41.4 Å². The minimum atomic E-state index is 0.411. The first kappa shape index (κ1) is 13.6. The van der Waals surface area contributed by atoms with Gasteiger partial charge in [0.05, 0.1) is 17.5 Å². The summed E-state index contributed by atoms with van der Waals surface area (Å²) >= 11 is 5.99. The summed E-state index contributed by atoms with van der Waals surface area (Å²) in [6.07, 6.45) is 2.02. The lowest BCUT2D eigenvalue weighted by atomic mass is 10.1. The lowest BCUT2D eigenvalue weighted by molar-refractivity contribution is 0.737. The van der Waals surface area contributed by atoms with Crippen molar-refractivity contribution in [2.24, 2.45) is 0 Å². The molecular formula is C16H13ClN4. The van der Waals surface area contributed by atoms with Crippen molar-refractivity contribution in [3.8, 4) is 17.5 Å². The summed E-state index contributed by atoms with van der Waals surface area (Å²) in [6, 6.07) is 12.1. The third-order valence-electron chi connectivity index (χ3n) is 3.31. The normalized spacial score (nSPS) is 10.7. The molecular weight excluding hydrogens is 284 g/mol. The molecule has 2 aromatic heterocycles. The van der Waals surface area contributed by atoms with Crippen molar-refractivity contribution in [2.45, 2.75) is 19.9 Å². The Morgan fingerprint density at radius 2 is 2.05 bits per heavy atom. The second kappa shape index (κ2) is 5.55. The highest BCUT2D eigenvalue weighted by Gasteiger charge is 2.13. The summed E-state index contributed by atoms with van der Waals surface area (Å²) < 4.78 is 1.97. The van der Waals surface area contributed by atoms with Crippen LogP contribution in [-0.2, 0) is 6.54 Å². The van der Waals surface area contributed by atoms with E-state index < -0.39 is 0 Å². The molecule has 21 heavy (non-hydrogen) atoms. The van der Waals surface area contributed by atoms with Crippen LogP contribution in [0.15, 0.2) is 36.5 Å². The van der Waals surface area contributed by atoms with Crippen LogP contribution in [0.3, 0.4) is 0 Å². The van der Waals surface area contributed by atoms with E-state index in [1.807, 2.05) is 35.8 Å². The Bertz CT molecular complexity index is 828. The van der Waals surface area contributed by atoms with Gasteiger partial charge in [0.1, 0.15) is 11.3 Å². The molecule has 0 spiro atoms. The van der Waals surface area contributed by atoms with Gasteiger partial charge in [-0.3, -0.25) is 0 Å². The number of halogens is 1. The average molecular weight is 297 g/mol. The predicted octanol–water partition coefficient (Wildman–Crippen LogP) is 3.97. The first-order chi connectivity index (χ1) is 10.2. The standard InChI is InChI=1S/C16H13ClN4/c1-11-3-5-12(6-4-11)15-20-14-9-13(17)10-19-16(14)21(15)8-2-7-18/h3-6,9-10H,2,8H2,1H3. The topological polar surface area (TPSA) is 54.5 Å². The second-order valence-corrected chi connectivity index (χ2v) is 5.29. The molecule has 0 unspecified atom stereocenters. The van der Waals surface area contributed by atoms with Crippen LogP contribution in [0.5, 0.6) is 0 Å². The molecule has 3 aromatic rings. The maximum atomic E-state index is 8.85. The summed E-state index contributed by atoms with van der Waals surface area (Å²) in [7, 11) is 0. The molecule has 3 rings (SSSR count). The molecule has 0 saturated carbocycles. The number of nitrogens with zero attached hydrogens (tertiary/aromatic N) is 4. The van der Waals surface area contributed by atoms with Gasteiger partial charge in [0.2, 0.25) is 0 Å². The molecule has 0 aliphatic rings. The zero-order valence-electron chi connectivity index (χ0n) is 11.5. The third kappa shape index (κ3) is 2.61. The second-order valence-electron chi connectivity index (χ2n) is 4.86. The number of hydrogen-bond acceptors (Lipinski definition) is 3. The van der Waals surface area contributed by atoms with Crippen LogP contribution in [0.2, 0.25) is 5.02 Å². The van der Waals surface area contributed by atoms with Crippen molar-refractivity contribution in [3.05, 3.63) is 47.1 Å². The zero-order chi connectivity index (χ0) is 14.8. The fourth-order valence-corrected chi connectivity index (χ4v) is 2.44. The van der Waals surface area contributed by atoms with Crippen LogP contribution < -0.4 is 0 Å². The molecule has 0 saturated heterocycles. The summed E-state index contributed by atoms with van der Waals surface area (Å²) in [4.78, 5) is 8.99. The number of aryl methyl sites for hydroxylation is 2. The van der Waals surface area contributed by atoms with Crippen molar-refractivity contribution in [1.82, 2.24) is 14.5 Å². The summed E-state index contributed by atoms with van der Waals surface area (Å²) in [6.45, 7) is 2.61. The molecule has 0 aliphatic carbocycles. The van der Waals surface area contributed by atoms with E-state index in [2.05, 4.69) is 16.0 Å². The van der Waals surface area contributed by atoms with E-state index in [1.54, 1.807) is 12.3 Å². The van der Waals surface area contributed by atoms with Gasteiger partial charge in [-0.25, -0.2) is 9.97 Å². The minimum Gasteiger partial charge on any atom is -0.308 e. The molecule has 0 N–H and O–H groups in total. The Hall–Kier alpha value is -2.38. The van der Waals surface area contributed by atoms with Crippen LogP contribution in [-0.4, -0.2) is 14.5 Å². The zero-order valence-corrected chi connectivity index (χ0v) is 12.3. The molecule has 5 heteroatoms. The van der Waals surface area contributed by atoms with Crippen molar-refractivity contribution < 1.29 is 0 Å². The van der Waals surface area contributed by atoms with E-state index in [4.69, 9.17) is 16.9 Å². The summed E-state index contributed by atoms with van der Waals surface area (Å²) in [5, 5.41) is 9.41. The number of imidazole rings is 1. The fourth-order valence-electron chi connectivity index (χ4n) is 2.28. The van der Waals surface area contributed by atoms with Gasteiger partial charge in [-0.2, -0.15) is 5.26 Å². The number of aromatic nitrogens is 3. The fraction of sp³-hybridized carbons (Fsp3) is 0.188. The number of nitriles is 1. The molecule has 2 heterocycles. The largest absolute Gasteiger partial charge is 0.308 e. The number of rotatable bonds is 3. The molecule has 1 aromatic carbocycles. The number of pyridine rings is 1. The molecule has 0 bridgehead atoms. The lowest BCUT2D eigenvalue weighted by Crippen LogP contribution is -2.01. The third-order valence-corrected chi connectivity index (χ3v) is 3.52. The van der Waals surface area contributed by atoms with E-state index in [9.17, 15) is 0 Å². The Morgan fingerprint density at radius 3 is 2.76 bits per heavy atom. The maximum absolute atomic E-state index is 8.85. The highest BCUT2D eigenvalue weighted by Crippen LogP contribution is 2.25. The highest BCUT2D eigenvalue weighted by atomic mass is 35.5. The molecule has 0 aliphatic heterocycles. The molecule has 4 nitrogen and oxygen atoms in total. The first-order valence-electron chi connectivity index (χ1n) is 6.65. The quantitative estimate of drug-likeness (QED) is 0.734. The summed E-state index contributed by atoms with van der Waals surface area (Å²) in [5.74, 6) is 0.815. The highest BCUT2D eigenvalue weighted by molar-refractivity contribution is 6.31. The van der Waals surface area contributed by atoms with Crippen LogP contribution in [0.25, 0.3) is 22.6 Å². The van der Waals surface area contributed by atoms with E-state index in [0.717, 1.165) is 22.6 Å². The number of benzene rings is 1. The molecule has 0 atom stereocenters. The predicted molar refractivity (Wildman–Crippen MR) is 82.9 cm³/mol. The van der Waals surface area contributed by atoms with Crippen LogP contribution in [0.4, 0.5) is 0 Å². The van der Waals surface area contributed by atoms with Gasteiger partial charge < -0.3 is 4.57 Å². The molecule has 0 amide bonds. The van der Waals surface area contributed by atoms with Gasteiger partial charge in [0.25, 0.3) is 0 Å². The van der Waals surface area contributed by atoms with Crippen LogP contribution in [0.1, 0.15) is 12.0 Å². The van der Waals surface area contributed by atoms with Gasteiger partial charge in [0.15, 0.2) is 5.65 Å². The minimum absolute atomic E-state index is 0.411. The van der Waals surface area contributed by atoms with Crippen molar-refractivity contribution in [1.29, 1.82) is 5.26 Å². The van der Waals surface area contributed by atoms with Crippen molar-refractivity contribution >= 4 is 22.8 Å². The van der Waals surface area contributed by atoms with Gasteiger partial charge in [0, 0.05) is 18.3 Å². The average Bonchev–Trinajstić information content (AvgIpc) is 2.83. The van der Waals surface area contributed by atoms with Crippen molar-refractivity contribution in [3.63, 3.8) is 0 Å².